The Morgan fingerprint density at radius 3 is 2.57 bits per heavy atom. The molecule has 0 spiro atoms. The summed E-state index contributed by atoms with van der Waals surface area (Å²) >= 11 is 6.08. The summed E-state index contributed by atoms with van der Waals surface area (Å²) in [5, 5.41) is 9.85. The van der Waals surface area contributed by atoms with E-state index >= 15 is 0 Å². The minimum atomic E-state index is -0.601. The molecule has 0 saturated heterocycles. The zero-order valence-electron chi connectivity index (χ0n) is 11.8. The molecule has 3 nitrogen and oxygen atoms in total. The lowest BCUT2D eigenvalue weighted by Gasteiger charge is -2.11. The Bertz CT molecular complexity index is 629. The zero-order chi connectivity index (χ0) is 15.4. The second kappa shape index (κ2) is 6.78. The van der Waals surface area contributed by atoms with Crippen LogP contribution in [0.2, 0.25) is 5.02 Å². The fourth-order valence-corrected chi connectivity index (χ4v) is 2.07. The van der Waals surface area contributed by atoms with Crippen molar-refractivity contribution in [1.82, 2.24) is 0 Å². The van der Waals surface area contributed by atoms with Gasteiger partial charge in [-0.15, -0.1) is 0 Å². The van der Waals surface area contributed by atoms with E-state index < -0.39 is 11.9 Å². The summed E-state index contributed by atoms with van der Waals surface area (Å²) in [5.74, 6) is 0.498. The number of ether oxygens (including phenoxy) is 2. The first kappa shape index (κ1) is 15.6. The SMILES string of the molecule is COc1ccc(COc2ccc([C@@H](C)O)cc2Cl)c(F)c1. The molecule has 0 saturated carbocycles. The van der Waals surface area contributed by atoms with Crippen LogP contribution in [-0.2, 0) is 6.61 Å². The summed E-state index contributed by atoms with van der Waals surface area (Å²) in [4.78, 5) is 0. The van der Waals surface area contributed by atoms with E-state index in [0.29, 0.717) is 27.6 Å². The van der Waals surface area contributed by atoms with Crippen molar-refractivity contribution >= 4 is 11.6 Å². The van der Waals surface area contributed by atoms with Crippen LogP contribution >= 0.6 is 11.6 Å². The summed E-state index contributed by atoms with van der Waals surface area (Å²) in [7, 11) is 1.48. The Balaban J connectivity index is 2.09. The van der Waals surface area contributed by atoms with Crippen LogP contribution in [0.5, 0.6) is 11.5 Å². The molecule has 0 bridgehead atoms. The fourth-order valence-electron chi connectivity index (χ4n) is 1.82. The highest BCUT2D eigenvalue weighted by molar-refractivity contribution is 6.32. The smallest absolute Gasteiger partial charge is 0.138 e. The van der Waals surface area contributed by atoms with Crippen LogP contribution in [-0.4, -0.2) is 12.2 Å². The molecule has 0 fully saturated rings. The largest absolute Gasteiger partial charge is 0.497 e. The number of hydrogen-bond donors (Lipinski definition) is 1. The molecule has 2 aromatic carbocycles. The molecule has 5 heteroatoms. The minimum absolute atomic E-state index is 0.0591. The number of halogens is 2. The number of hydrogen-bond acceptors (Lipinski definition) is 3. The summed E-state index contributed by atoms with van der Waals surface area (Å²) in [6.45, 7) is 1.71. The van der Waals surface area contributed by atoms with Crippen molar-refractivity contribution in [3.63, 3.8) is 0 Å². The third-order valence-corrected chi connectivity index (χ3v) is 3.38. The van der Waals surface area contributed by atoms with Crippen LogP contribution in [0.15, 0.2) is 36.4 Å². The van der Waals surface area contributed by atoms with Gasteiger partial charge in [-0.25, -0.2) is 4.39 Å². The molecular weight excluding hydrogens is 295 g/mol. The minimum Gasteiger partial charge on any atom is -0.497 e. The molecule has 0 aromatic heterocycles. The number of aliphatic hydroxyl groups is 1. The van der Waals surface area contributed by atoms with E-state index in [1.807, 2.05) is 0 Å². The third-order valence-electron chi connectivity index (χ3n) is 3.08. The van der Waals surface area contributed by atoms with Gasteiger partial charge in [0.25, 0.3) is 0 Å². The Morgan fingerprint density at radius 1 is 1.24 bits per heavy atom. The Kier molecular flexibility index (Phi) is 5.04. The van der Waals surface area contributed by atoms with Crippen molar-refractivity contribution in [2.24, 2.45) is 0 Å². The van der Waals surface area contributed by atoms with Crippen molar-refractivity contribution < 1.29 is 19.0 Å². The fraction of sp³-hybridized carbons (Fsp3) is 0.250. The number of methoxy groups -OCH3 is 1. The Hall–Kier alpha value is -1.78. The predicted molar refractivity (Wildman–Crippen MR) is 79.4 cm³/mol. The molecule has 2 rings (SSSR count). The maximum atomic E-state index is 13.8. The van der Waals surface area contributed by atoms with E-state index in [2.05, 4.69) is 0 Å². The van der Waals surface area contributed by atoms with Gasteiger partial charge in [-0.1, -0.05) is 17.7 Å². The first-order valence-electron chi connectivity index (χ1n) is 6.44. The van der Waals surface area contributed by atoms with E-state index in [-0.39, 0.29) is 6.61 Å². The molecule has 0 aliphatic heterocycles. The molecule has 21 heavy (non-hydrogen) atoms. The van der Waals surface area contributed by atoms with Gasteiger partial charge in [0, 0.05) is 11.6 Å². The van der Waals surface area contributed by atoms with Crippen molar-refractivity contribution in [1.29, 1.82) is 0 Å². The highest BCUT2D eigenvalue weighted by Gasteiger charge is 2.09. The highest BCUT2D eigenvalue weighted by Crippen LogP contribution is 2.29. The van der Waals surface area contributed by atoms with E-state index in [4.69, 9.17) is 21.1 Å². The maximum absolute atomic E-state index is 13.8. The molecule has 0 aliphatic carbocycles. The first-order chi connectivity index (χ1) is 10.0. The molecular formula is C16H16ClFO3. The van der Waals surface area contributed by atoms with Crippen molar-refractivity contribution in [2.75, 3.05) is 7.11 Å². The van der Waals surface area contributed by atoms with Gasteiger partial charge in [-0.05, 0) is 36.8 Å². The standard InChI is InChI=1S/C16H16ClFO3/c1-10(19)11-4-6-16(14(17)7-11)21-9-12-3-5-13(20-2)8-15(12)18/h3-8,10,19H,9H2,1-2H3/t10-/m1/s1. The molecule has 0 aliphatic rings. The summed E-state index contributed by atoms with van der Waals surface area (Å²) in [5.41, 5.74) is 1.11. The second-order valence-corrected chi connectivity index (χ2v) is 5.02. The van der Waals surface area contributed by atoms with E-state index in [1.54, 1.807) is 37.3 Å². The van der Waals surface area contributed by atoms with Gasteiger partial charge in [0.05, 0.1) is 18.2 Å². The van der Waals surface area contributed by atoms with Gasteiger partial charge in [-0.2, -0.15) is 0 Å². The van der Waals surface area contributed by atoms with Gasteiger partial charge in [0.15, 0.2) is 0 Å². The van der Waals surface area contributed by atoms with Crippen molar-refractivity contribution in [3.8, 4) is 11.5 Å². The summed E-state index contributed by atoms with van der Waals surface area (Å²) in [6, 6.07) is 9.58. The topological polar surface area (TPSA) is 38.7 Å². The van der Waals surface area contributed by atoms with Gasteiger partial charge in [-0.3, -0.25) is 0 Å². The quantitative estimate of drug-likeness (QED) is 0.903. The normalized spacial score (nSPS) is 12.0. The van der Waals surface area contributed by atoms with E-state index in [9.17, 15) is 9.50 Å². The van der Waals surface area contributed by atoms with Crippen LogP contribution < -0.4 is 9.47 Å². The lowest BCUT2D eigenvalue weighted by Crippen LogP contribution is -2.00. The predicted octanol–water partition coefficient (Wildman–Crippen LogP) is 4.12. The maximum Gasteiger partial charge on any atom is 0.138 e. The van der Waals surface area contributed by atoms with Crippen molar-refractivity contribution in [2.45, 2.75) is 19.6 Å². The molecule has 0 heterocycles. The van der Waals surface area contributed by atoms with E-state index in [1.165, 1.54) is 13.2 Å². The molecule has 1 N–H and O–H groups in total. The number of benzene rings is 2. The Morgan fingerprint density at radius 2 is 2.00 bits per heavy atom. The second-order valence-electron chi connectivity index (χ2n) is 4.61. The molecule has 112 valence electrons. The van der Waals surface area contributed by atoms with Crippen molar-refractivity contribution in [3.05, 3.63) is 58.4 Å². The van der Waals surface area contributed by atoms with Crippen LogP contribution in [0.4, 0.5) is 4.39 Å². The van der Waals surface area contributed by atoms with Gasteiger partial charge >= 0.3 is 0 Å². The molecule has 1 atom stereocenters. The molecule has 0 amide bonds. The lowest BCUT2D eigenvalue weighted by atomic mass is 10.1. The van der Waals surface area contributed by atoms with Crippen LogP contribution in [0.25, 0.3) is 0 Å². The lowest BCUT2D eigenvalue weighted by molar-refractivity contribution is 0.199. The number of aliphatic hydroxyl groups excluding tert-OH is 1. The first-order valence-corrected chi connectivity index (χ1v) is 6.81. The van der Waals surface area contributed by atoms with Gasteiger partial charge in [0.2, 0.25) is 0 Å². The molecule has 0 radical (unpaired) electrons. The third kappa shape index (κ3) is 3.86. The monoisotopic (exact) mass is 310 g/mol. The van der Waals surface area contributed by atoms with Crippen LogP contribution in [0.3, 0.4) is 0 Å². The highest BCUT2D eigenvalue weighted by atomic mass is 35.5. The molecule has 0 unspecified atom stereocenters. The summed E-state index contributed by atoms with van der Waals surface area (Å²) < 4.78 is 24.2. The average Bonchev–Trinajstić information content (AvgIpc) is 2.46. The Labute approximate surface area is 127 Å². The molecule has 2 aromatic rings. The van der Waals surface area contributed by atoms with Crippen LogP contribution in [0, 0.1) is 5.82 Å². The zero-order valence-corrected chi connectivity index (χ0v) is 12.5. The average molecular weight is 311 g/mol. The summed E-state index contributed by atoms with van der Waals surface area (Å²) in [6.07, 6.45) is -0.601. The van der Waals surface area contributed by atoms with Gasteiger partial charge < -0.3 is 14.6 Å². The van der Waals surface area contributed by atoms with Gasteiger partial charge in [0.1, 0.15) is 23.9 Å². The number of rotatable bonds is 5. The van der Waals surface area contributed by atoms with Crippen LogP contribution in [0.1, 0.15) is 24.2 Å². The van der Waals surface area contributed by atoms with E-state index in [0.717, 1.165) is 0 Å².